The van der Waals surface area contributed by atoms with Crippen LogP contribution >= 0.6 is 0 Å². The van der Waals surface area contributed by atoms with Gasteiger partial charge in [-0.05, 0) is 38.3 Å². The van der Waals surface area contributed by atoms with Gasteiger partial charge in [-0.25, -0.2) is 0 Å². The van der Waals surface area contributed by atoms with Crippen LogP contribution in [-0.2, 0) is 4.79 Å². The van der Waals surface area contributed by atoms with Crippen molar-refractivity contribution in [1.82, 2.24) is 20.0 Å². The molecule has 3 heterocycles. The van der Waals surface area contributed by atoms with E-state index in [-0.39, 0.29) is 18.0 Å². The molecule has 1 atom stereocenters. The molecular formula is C14H20N4O3. The Morgan fingerprint density at radius 3 is 2.62 bits per heavy atom. The Kier molecular flexibility index (Phi) is 3.92. The largest absolute Gasteiger partial charge is 0.480 e. The van der Waals surface area contributed by atoms with E-state index in [1.54, 1.807) is 12.3 Å². The zero-order valence-electron chi connectivity index (χ0n) is 11.9. The Bertz CT molecular complexity index is 508. The molecule has 1 aromatic heterocycles. The van der Waals surface area contributed by atoms with Crippen LogP contribution in [0.2, 0.25) is 0 Å². The highest BCUT2D eigenvalue weighted by atomic mass is 16.4. The number of hydrogen-bond donors (Lipinski definition) is 2. The lowest BCUT2D eigenvalue weighted by Gasteiger charge is -2.38. The first-order valence-electron chi connectivity index (χ1n) is 7.44. The van der Waals surface area contributed by atoms with Crippen molar-refractivity contribution in [3.8, 4) is 0 Å². The Morgan fingerprint density at radius 2 is 2.00 bits per heavy atom. The van der Waals surface area contributed by atoms with Crippen molar-refractivity contribution in [2.75, 3.05) is 19.6 Å². The van der Waals surface area contributed by atoms with E-state index in [9.17, 15) is 14.7 Å². The van der Waals surface area contributed by atoms with Gasteiger partial charge in [0.25, 0.3) is 5.91 Å². The highest BCUT2D eigenvalue weighted by molar-refractivity contribution is 5.92. The van der Waals surface area contributed by atoms with Crippen molar-refractivity contribution in [3.63, 3.8) is 0 Å². The first kappa shape index (κ1) is 14.1. The highest BCUT2D eigenvalue weighted by Gasteiger charge is 2.37. The van der Waals surface area contributed by atoms with Crippen LogP contribution in [0.15, 0.2) is 12.3 Å². The molecule has 21 heavy (non-hydrogen) atoms. The van der Waals surface area contributed by atoms with Gasteiger partial charge in [0.05, 0.1) is 0 Å². The highest BCUT2D eigenvalue weighted by Crippen LogP contribution is 2.26. The smallest absolute Gasteiger partial charge is 0.320 e. The van der Waals surface area contributed by atoms with Gasteiger partial charge in [-0.2, -0.15) is 5.10 Å². The lowest BCUT2D eigenvalue weighted by molar-refractivity contribution is -0.143. The average molecular weight is 292 g/mol. The van der Waals surface area contributed by atoms with E-state index < -0.39 is 5.97 Å². The van der Waals surface area contributed by atoms with E-state index in [4.69, 9.17) is 0 Å². The Hall–Kier alpha value is -1.89. The molecule has 2 aliphatic heterocycles. The number of H-pyrrole nitrogens is 1. The van der Waals surface area contributed by atoms with Crippen LogP contribution in [0, 0.1) is 0 Å². The van der Waals surface area contributed by atoms with Crippen molar-refractivity contribution in [2.45, 2.75) is 37.8 Å². The number of nitrogens with one attached hydrogen (secondary N) is 1. The first-order valence-corrected chi connectivity index (χ1v) is 7.44. The summed E-state index contributed by atoms with van der Waals surface area (Å²) in [6, 6.07) is 1.61. The SMILES string of the molecule is O=C(O)C1CCCN1C1CCN(C(=O)c2ccn[nH]2)CC1. The standard InChI is InChI=1S/C14H20N4O3/c19-13(11-3-6-15-16-11)17-8-4-10(5-9-17)18-7-1-2-12(18)14(20)21/h3,6,10,12H,1-2,4-5,7-9H2,(H,15,16)(H,20,21). The van der Waals surface area contributed by atoms with Crippen LogP contribution in [0.4, 0.5) is 0 Å². The molecule has 114 valence electrons. The number of piperidine rings is 1. The molecule has 2 fully saturated rings. The molecule has 3 rings (SSSR count). The summed E-state index contributed by atoms with van der Waals surface area (Å²) in [6.45, 7) is 2.20. The number of hydrogen-bond acceptors (Lipinski definition) is 4. The van der Waals surface area contributed by atoms with Crippen LogP contribution < -0.4 is 0 Å². The second-order valence-electron chi connectivity index (χ2n) is 5.73. The summed E-state index contributed by atoms with van der Waals surface area (Å²) in [4.78, 5) is 27.4. The summed E-state index contributed by atoms with van der Waals surface area (Å²) < 4.78 is 0. The van der Waals surface area contributed by atoms with Crippen LogP contribution in [-0.4, -0.2) is 68.7 Å². The Labute approximate surface area is 122 Å². The van der Waals surface area contributed by atoms with Crippen molar-refractivity contribution in [2.24, 2.45) is 0 Å². The van der Waals surface area contributed by atoms with Crippen molar-refractivity contribution >= 4 is 11.9 Å². The molecule has 0 bridgehead atoms. The fourth-order valence-electron chi connectivity index (χ4n) is 3.44. The number of likely N-dealkylation sites (tertiary alicyclic amines) is 2. The third-order valence-corrected chi connectivity index (χ3v) is 4.53. The van der Waals surface area contributed by atoms with E-state index in [0.717, 1.165) is 32.2 Å². The molecule has 2 saturated heterocycles. The molecule has 7 heteroatoms. The van der Waals surface area contributed by atoms with Gasteiger partial charge < -0.3 is 10.0 Å². The number of aromatic nitrogens is 2. The second-order valence-corrected chi connectivity index (χ2v) is 5.73. The fraction of sp³-hybridized carbons (Fsp3) is 0.643. The molecule has 0 aromatic carbocycles. The molecule has 0 radical (unpaired) electrons. The number of nitrogens with zero attached hydrogens (tertiary/aromatic N) is 3. The summed E-state index contributed by atoms with van der Waals surface area (Å²) in [7, 11) is 0. The fourth-order valence-corrected chi connectivity index (χ4v) is 3.44. The van der Waals surface area contributed by atoms with Crippen LogP contribution in [0.3, 0.4) is 0 Å². The van der Waals surface area contributed by atoms with E-state index in [2.05, 4.69) is 15.1 Å². The number of carboxylic acids is 1. The molecule has 1 amide bonds. The molecule has 2 N–H and O–H groups in total. The van der Waals surface area contributed by atoms with E-state index in [0.29, 0.717) is 18.8 Å². The predicted octanol–water partition coefficient (Wildman–Crippen LogP) is 0.563. The number of rotatable bonds is 3. The number of carboxylic acid groups (broad SMARTS) is 1. The Balaban J connectivity index is 1.58. The summed E-state index contributed by atoms with van der Waals surface area (Å²) in [5, 5.41) is 15.8. The minimum absolute atomic E-state index is 0.0258. The molecule has 7 nitrogen and oxygen atoms in total. The quantitative estimate of drug-likeness (QED) is 0.850. The van der Waals surface area contributed by atoms with Gasteiger partial charge in [-0.1, -0.05) is 0 Å². The summed E-state index contributed by atoms with van der Waals surface area (Å²) in [5.41, 5.74) is 0.512. The maximum absolute atomic E-state index is 12.2. The minimum atomic E-state index is -0.719. The zero-order valence-corrected chi connectivity index (χ0v) is 11.9. The normalized spacial score (nSPS) is 24.4. The molecule has 1 aromatic rings. The lowest BCUT2D eigenvalue weighted by Crippen LogP contribution is -2.50. The van der Waals surface area contributed by atoms with E-state index in [1.165, 1.54) is 0 Å². The minimum Gasteiger partial charge on any atom is -0.480 e. The van der Waals surface area contributed by atoms with Crippen LogP contribution in [0.1, 0.15) is 36.2 Å². The maximum Gasteiger partial charge on any atom is 0.320 e. The maximum atomic E-state index is 12.2. The molecule has 0 saturated carbocycles. The van der Waals surface area contributed by atoms with E-state index >= 15 is 0 Å². The molecule has 2 aliphatic rings. The lowest BCUT2D eigenvalue weighted by atomic mass is 10.0. The second kappa shape index (κ2) is 5.85. The monoisotopic (exact) mass is 292 g/mol. The van der Waals surface area contributed by atoms with Crippen molar-refractivity contribution in [3.05, 3.63) is 18.0 Å². The summed E-state index contributed by atoms with van der Waals surface area (Å²) in [5.74, 6) is -0.745. The molecule has 0 spiro atoms. The number of carbonyl (C=O) groups is 2. The van der Waals surface area contributed by atoms with Gasteiger partial charge in [0.2, 0.25) is 0 Å². The topological polar surface area (TPSA) is 89.5 Å². The van der Waals surface area contributed by atoms with Gasteiger partial charge >= 0.3 is 5.97 Å². The van der Waals surface area contributed by atoms with Gasteiger partial charge in [-0.15, -0.1) is 0 Å². The third kappa shape index (κ3) is 2.78. The zero-order chi connectivity index (χ0) is 14.8. The van der Waals surface area contributed by atoms with Gasteiger partial charge in [0, 0.05) is 25.3 Å². The molecule has 0 aliphatic carbocycles. The molecular weight excluding hydrogens is 272 g/mol. The van der Waals surface area contributed by atoms with E-state index in [1.807, 2.05) is 4.90 Å². The van der Waals surface area contributed by atoms with Crippen LogP contribution in [0.25, 0.3) is 0 Å². The third-order valence-electron chi connectivity index (χ3n) is 4.53. The number of carbonyl (C=O) groups excluding carboxylic acids is 1. The van der Waals surface area contributed by atoms with Gasteiger partial charge in [0.15, 0.2) is 0 Å². The summed E-state index contributed by atoms with van der Waals surface area (Å²) >= 11 is 0. The number of amides is 1. The average Bonchev–Trinajstić information content (AvgIpc) is 3.18. The molecule has 1 unspecified atom stereocenters. The van der Waals surface area contributed by atoms with Crippen molar-refractivity contribution < 1.29 is 14.7 Å². The van der Waals surface area contributed by atoms with Crippen LogP contribution in [0.5, 0.6) is 0 Å². The number of aromatic amines is 1. The summed E-state index contributed by atoms with van der Waals surface area (Å²) in [6.07, 6.45) is 4.93. The van der Waals surface area contributed by atoms with Gasteiger partial charge in [0.1, 0.15) is 11.7 Å². The Morgan fingerprint density at radius 1 is 1.24 bits per heavy atom. The van der Waals surface area contributed by atoms with Crippen molar-refractivity contribution in [1.29, 1.82) is 0 Å². The predicted molar refractivity (Wildman–Crippen MR) is 74.9 cm³/mol. The number of aliphatic carboxylic acids is 1. The van der Waals surface area contributed by atoms with Gasteiger partial charge in [-0.3, -0.25) is 19.6 Å². The first-order chi connectivity index (χ1) is 10.2.